The molecular formula is C16H14ClFN2O3S. The van der Waals surface area contributed by atoms with E-state index < -0.39 is 20.9 Å². The van der Waals surface area contributed by atoms with Crippen molar-refractivity contribution in [3.63, 3.8) is 0 Å². The summed E-state index contributed by atoms with van der Waals surface area (Å²) in [6.45, 7) is 0.193. The molecule has 1 aliphatic rings. The van der Waals surface area contributed by atoms with E-state index in [4.69, 9.17) is 11.6 Å². The fourth-order valence-electron chi connectivity index (χ4n) is 2.35. The number of nitrogens with one attached hydrogen (secondary N) is 1. The number of nitrogens with zero attached hydrogens (tertiary/aromatic N) is 1. The molecule has 8 heteroatoms. The summed E-state index contributed by atoms with van der Waals surface area (Å²) in [5.74, 6) is -0.494. The van der Waals surface area contributed by atoms with Gasteiger partial charge in [0.05, 0.1) is 4.90 Å². The van der Waals surface area contributed by atoms with Crippen molar-refractivity contribution in [3.05, 3.63) is 59.4 Å². The third kappa shape index (κ3) is 3.37. The zero-order chi connectivity index (χ0) is 17.3. The Morgan fingerprint density at radius 3 is 2.25 bits per heavy atom. The summed E-state index contributed by atoms with van der Waals surface area (Å²) in [5, 5.41) is 2.55. The van der Waals surface area contributed by atoms with Crippen LogP contribution in [-0.4, -0.2) is 37.7 Å². The molecule has 3 rings (SSSR count). The van der Waals surface area contributed by atoms with Crippen LogP contribution in [0.25, 0.3) is 0 Å². The number of carbonyl (C=O) groups excluding carboxylic acids is 1. The first-order chi connectivity index (χ1) is 11.4. The minimum atomic E-state index is -3.57. The van der Waals surface area contributed by atoms with Crippen molar-refractivity contribution >= 4 is 33.2 Å². The van der Waals surface area contributed by atoms with Gasteiger partial charge in [-0.15, -0.1) is 0 Å². The number of benzene rings is 2. The average Bonchev–Trinajstić information content (AvgIpc) is 2.48. The lowest BCUT2D eigenvalue weighted by Gasteiger charge is -2.38. The van der Waals surface area contributed by atoms with E-state index in [2.05, 4.69) is 5.32 Å². The smallest absolute Gasteiger partial charge is 0.321 e. The quantitative estimate of drug-likeness (QED) is 0.846. The van der Waals surface area contributed by atoms with E-state index in [0.29, 0.717) is 10.7 Å². The standard InChI is InChI=1S/C16H14ClFN2O3S/c17-11-1-5-13(6-2-11)19-16(21)20-9-15(10-20)24(22,23)14-7-3-12(18)4-8-14/h1-8,15H,9-10H2,(H,19,21). The highest BCUT2D eigenvalue weighted by molar-refractivity contribution is 7.92. The number of sulfone groups is 1. The summed E-state index contributed by atoms with van der Waals surface area (Å²) in [5.41, 5.74) is 0.578. The first-order valence-electron chi connectivity index (χ1n) is 7.17. The second-order valence-corrected chi connectivity index (χ2v) is 8.13. The van der Waals surface area contributed by atoms with Crippen LogP contribution in [0.1, 0.15) is 0 Å². The number of likely N-dealkylation sites (tertiary alicyclic amines) is 1. The van der Waals surface area contributed by atoms with Gasteiger partial charge in [-0.3, -0.25) is 0 Å². The van der Waals surface area contributed by atoms with Gasteiger partial charge in [0.15, 0.2) is 9.84 Å². The van der Waals surface area contributed by atoms with E-state index in [1.807, 2.05) is 0 Å². The number of carbonyl (C=O) groups is 1. The molecule has 1 fully saturated rings. The SMILES string of the molecule is O=C(Nc1ccc(Cl)cc1)N1CC(S(=O)(=O)c2ccc(F)cc2)C1. The van der Waals surface area contributed by atoms with Crippen LogP contribution in [0.4, 0.5) is 14.9 Å². The van der Waals surface area contributed by atoms with Crippen molar-refractivity contribution < 1.29 is 17.6 Å². The highest BCUT2D eigenvalue weighted by atomic mass is 35.5. The molecule has 0 saturated carbocycles. The maximum Gasteiger partial charge on any atom is 0.321 e. The molecule has 0 spiro atoms. The van der Waals surface area contributed by atoms with Crippen LogP contribution in [0.15, 0.2) is 53.4 Å². The lowest BCUT2D eigenvalue weighted by Crippen LogP contribution is -2.58. The molecule has 0 aromatic heterocycles. The third-order valence-corrected chi connectivity index (χ3v) is 6.17. The highest BCUT2D eigenvalue weighted by Crippen LogP contribution is 2.24. The molecule has 1 aliphatic heterocycles. The predicted molar refractivity (Wildman–Crippen MR) is 89.4 cm³/mol. The van der Waals surface area contributed by atoms with Gasteiger partial charge >= 0.3 is 6.03 Å². The molecule has 0 radical (unpaired) electrons. The molecule has 126 valence electrons. The monoisotopic (exact) mass is 368 g/mol. The van der Waals surface area contributed by atoms with Gasteiger partial charge in [-0.05, 0) is 48.5 Å². The van der Waals surface area contributed by atoms with Crippen LogP contribution in [-0.2, 0) is 9.84 Å². The molecule has 5 nitrogen and oxygen atoms in total. The van der Waals surface area contributed by atoms with Crippen molar-refractivity contribution in [1.82, 2.24) is 4.90 Å². The van der Waals surface area contributed by atoms with Gasteiger partial charge in [0.1, 0.15) is 11.1 Å². The van der Waals surface area contributed by atoms with Gasteiger partial charge in [-0.1, -0.05) is 11.6 Å². The topological polar surface area (TPSA) is 66.5 Å². The maximum atomic E-state index is 12.9. The number of amides is 2. The number of urea groups is 1. The first-order valence-corrected chi connectivity index (χ1v) is 9.09. The zero-order valence-electron chi connectivity index (χ0n) is 12.4. The Morgan fingerprint density at radius 2 is 1.67 bits per heavy atom. The Hall–Kier alpha value is -2.12. The molecule has 2 aromatic rings. The molecule has 0 bridgehead atoms. The Labute approximate surface area is 144 Å². The third-order valence-electron chi connectivity index (χ3n) is 3.81. The Balaban J connectivity index is 1.61. The summed E-state index contributed by atoms with van der Waals surface area (Å²) in [7, 11) is -3.57. The van der Waals surface area contributed by atoms with Gasteiger partial charge in [0, 0.05) is 23.8 Å². The van der Waals surface area contributed by atoms with Crippen LogP contribution in [0, 0.1) is 5.82 Å². The summed E-state index contributed by atoms with van der Waals surface area (Å²) in [4.78, 5) is 13.5. The van der Waals surface area contributed by atoms with Crippen molar-refractivity contribution in [2.75, 3.05) is 18.4 Å². The number of hydrogen-bond donors (Lipinski definition) is 1. The van der Waals surface area contributed by atoms with Crippen molar-refractivity contribution in [2.45, 2.75) is 10.1 Å². The van der Waals surface area contributed by atoms with Crippen molar-refractivity contribution in [1.29, 1.82) is 0 Å². The molecule has 1 heterocycles. The van der Waals surface area contributed by atoms with Gasteiger partial charge < -0.3 is 10.2 Å². The summed E-state index contributed by atoms with van der Waals surface area (Å²) in [6, 6.07) is 10.9. The molecule has 0 unspecified atom stereocenters. The number of rotatable bonds is 3. The second-order valence-electron chi connectivity index (χ2n) is 5.46. The van der Waals surface area contributed by atoms with Gasteiger partial charge in [-0.2, -0.15) is 0 Å². The molecule has 1 N–H and O–H groups in total. The summed E-state index contributed by atoms with van der Waals surface area (Å²) < 4.78 is 37.7. The van der Waals surface area contributed by atoms with E-state index in [0.717, 1.165) is 12.1 Å². The van der Waals surface area contributed by atoms with E-state index in [1.54, 1.807) is 24.3 Å². The van der Waals surface area contributed by atoms with Crippen molar-refractivity contribution in [2.24, 2.45) is 0 Å². The van der Waals surface area contributed by atoms with E-state index in [9.17, 15) is 17.6 Å². The van der Waals surface area contributed by atoms with Crippen LogP contribution >= 0.6 is 11.6 Å². The number of hydrogen-bond acceptors (Lipinski definition) is 3. The Bertz CT molecular complexity index is 848. The fourth-order valence-corrected chi connectivity index (χ4v) is 4.13. The Morgan fingerprint density at radius 1 is 1.08 bits per heavy atom. The number of halogens is 2. The van der Waals surface area contributed by atoms with Crippen LogP contribution in [0.3, 0.4) is 0 Å². The van der Waals surface area contributed by atoms with E-state index in [1.165, 1.54) is 17.0 Å². The largest absolute Gasteiger partial charge is 0.322 e. The predicted octanol–water partition coefficient (Wildman–Crippen LogP) is 3.17. The van der Waals surface area contributed by atoms with Crippen LogP contribution < -0.4 is 5.32 Å². The van der Waals surface area contributed by atoms with Gasteiger partial charge in [-0.25, -0.2) is 17.6 Å². The second kappa shape index (κ2) is 6.41. The van der Waals surface area contributed by atoms with Crippen LogP contribution in [0.2, 0.25) is 5.02 Å². The lowest BCUT2D eigenvalue weighted by molar-refractivity contribution is 0.182. The average molecular weight is 369 g/mol. The molecule has 24 heavy (non-hydrogen) atoms. The van der Waals surface area contributed by atoms with E-state index in [-0.39, 0.29) is 24.0 Å². The molecule has 2 aromatic carbocycles. The maximum absolute atomic E-state index is 12.9. The summed E-state index contributed by atoms with van der Waals surface area (Å²) >= 11 is 5.77. The minimum absolute atomic E-state index is 0.0617. The molecule has 0 atom stereocenters. The normalized spacial score (nSPS) is 15.0. The summed E-state index contributed by atoms with van der Waals surface area (Å²) in [6.07, 6.45) is 0. The molecule has 0 aliphatic carbocycles. The zero-order valence-corrected chi connectivity index (χ0v) is 14.0. The molecule has 2 amide bonds. The number of anilines is 1. The van der Waals surface area contributed by atoms with Gasteiger partial charge in [0.25, 0.3) is 0 Å². The lowest BCUT2D eigenvalue weighted by atomic mass is 10.2. The van der Waals surface area contributed by atoms with E-state index >= 15 is 0 Å². The Kier molecular flexibility index (Phi) is 4.47. The molecule has 1 saturated heterocycles. The van der Waals surface area contributed by atoms with Crippen molar-refractivity contribution in [3.8, 4) is 0 Å². The minimum Gasteiger partial charge on any atom is -0.322 e. The van der Waals surface area contributed by atoms with Gasteiger partial charge in [0.2, 0.25) is 0 Å². The fraction of sp³-hybridized carbons (Fsp3) is 0.188. The highest BCUT2D eigenvalue weighted by Gasteiger charge is 2.40. The first kappa shape index (κ1) is 16.7. The molecular weight excluding hydrogens is 355 g/mol. The van der Waals surface area contributed by atoms with Crippen LogP contribution in [0.5, 0.6) is 0 Å².